The molecule has 1 N–H and O–H groups in total. The van der Waals surface area contributed by atoms with Crippen LogP contribution in [-0.2, 0) is 15.6 Å². The quantitative estimate of drug-likeness (QED) is 0.500. The average molecular weight is 544 g/mol. The normalized spacial score (nSPS) is 20.6. The van der Waals surface area contributed by atoms with Gasteiger partial charge in [0.2, 0.25) is 0 Å². The third-order valence-corrected chi connectivity index (χ3v) is 8.61. The Kier molecular flexibility index (Phi) is 7.23. The first-order valence-electron chi connectivity index (χ1n) is 9.85. The van der Waals surface area contributed by atoms with E-state index in [1.165, 1.54) is 0 Å². The highest BCUT2D eigenvalue weighted by Crippen LogP contribution is 2.40. The van der Waals surface area contributed by atoms with Crippen LogP contribution in [0.25, 0.3) is 11.1 Å². The monoisotopic (exact) mass is 542 g/mol. The molecule has 0 aromatic heterocycles. The highest BCUT2D eigenvalue weighted by Gasteiger charge is 2.42. The van der Waals surface area contributed by atoms with Gasteiger partial charge in [-0.05, 0) is 47.3 Å². The predicted octanol–water partition coefficient (Wildman–Crippen LogP) is 5.34. The Morgan fingerprint density at radius 1 is 1.23 bits per heavy atom. The molecule has 2 aliphatic heterocycles. The van der Waals surface area contributed by atoms with Crippen LogP contribution in [0.4, 0.5) is 4.39 Å². The van der Waals surface area contributed by atoms with Gasteiger partial charge in [-0.2, -0.15) is 0 Å². The number of amides is 1. The van der Waals surface area contributed by atoms with Gasteiger partial charge in [0.1, 0.15) is 0 Å². The zero-order valence-electron chi connectivity index (χ0n) is 16.6. The van der Waals surface area contributed by atoms with Crippen molar-refractivity contribution < 1.29 is 13.4 Å². The second-order valence-electron chi connectivity index (χ2n) is 7.59. The lowest BCUT2D eigenvalue weighted by atomic mass is 9.93. The van der Waals surface area contributed by atoms with E-state index in [0.717, 1.165) is 26.1 Å². The van der Waals surface area contributed by atoms with E-state index in [0.29, 0.717) is 23.9 Å². The number of alkyl halides is 1. The zero-order valence-corrected chi connectivity index (χ0v) is 20.6. The fourth-order valence-electron chi connectivity index (χ4n) is 3.56. The number of hydrogen-bond acceptors (Lipinski definition) is 4. The van der Waals surface area contributed by atoms with Crippen molar-refractivity contribution in [2.75, 3.05) is 25.4 Å². The van der Waals surface area contributed by atoms with E-state index < -0.39 is 22.4 Å². The van der Waals surface area contributed by atoms with E-state index in [4.69, 9.17) is 11.6 Å². The molecular weight excluding hydrogens is 523 g/mol. The number of nitrogens with zero attached hydrogens (tertiary/aromatic N) is 1. The van der Waals surface area contributed by atoms with Gasteiger partial charge in [0.15, 0.2) is 5.67 Å². The summed E-state index contributed by atoms with van der Waals surface area (Å²) in [6, 6.07) is 13.7. The number of benzene rings is 2. The molecule has 2 aromatic rings. The molecule has 1 unspecified atom stereocenters. The molecule has 2 heterocycles. The number of hydrogen-bond donors (Lipinski definition) is 1. The molecule has 1 amide bonds. The van der Waals surface area contributed by atoms with Gasteiger partial charge in [-0.15, -0.1) is 0 Å². The van der Waals surface area contributed by atoms with Gasteiger partial charge in [0, 0.05) is 68.6 Å². The average Bonchev–Trinajstić information content (AvgIpc) is 2.73. The fourth-order valence-corrected chi connectivity index (χ4v) is 6.07. The first kappa shape index (κ1) is 23.0. The van der Waals surface area contributed by atoms with Gasteiger partial charge in [-0.3, -0.25) is 9.00 Å². The van der Waals surface area contributed by atoms with Crippen LogP contribution >= 0.6 is 39.5 Å². The van der Waals surface area contributed by atoms with Crippen LogP contribution in [0.2, 0.25) is 5.02 Å². The minimum Gasteiger partial charge on any atom is -0.350 e. The molecule has 0 aliphatic carbocycles. The van der Waals surface area contributed by atoms with Crippen LogP contribution in [0.3, 0.4) is 0 Å². The molecule has 164 valence electrons. The SMILES string of the molecule is O=C(NCC1=CS(=O)C1)C1(F)CCN(Sc2ccc(Br)cc2-c2ccccc2Cl)CC1. The molecule has 31 heavy (non-hydrogen) atoms. The molecule has 1 atom stereocenters. The Hall–Kier alpha value is -1.19. The summed E-state index contributed by atoms with van der Waals surface area (Å²) in [4.78, 5) is 13.4. The molecule has 0 bridgehead atoms. The summed E-state index contributed by atoms with van der Waals surface area (Å²) in [5.41, 5.74) is 0.971. The van der Waals surface area contributed by atoms with E-state index in [2.05, 4.69) is 25.6 Å². The van der Waals surface area contributed by atoms with Crippen LogP contribution in [0.1, 0.15) is 12.8 Å². The first-order valence-corrected chi connectivity index (χ1v) is 13.2. The van der Waals surface area contributed by atoms with Crippen LogP contribution in [0.15, 0.2) is 62.8 Å². The van der Waals surface area contributed by atoms with Crippen molar-refractivity contribution in [3.63, 3.8) is 0 Å². The summed E-state index contributed by atoms with van der Waals surface area (Å²) >= 11 is 11.5. The van der Waals surface area contributed by atoms with Gasteiger partial charge in [0.25, 0.3) is 5.91 Å². The van der Waals surface area contributed by atoms with Crippen LogP contribution in [0, 0.1) is 0 Å². The van der Waals surface area contributed by atoms with Crippen molar-refractivity contribution in [1.82, 2.24) is 9.62 Å². The highest BCUT2D eigenvalue weighted by atomic mass is 79.9. The molecule has 4 rings (SSSR count). The number of carbonyl (C=O) groups excluding carboxylic acids is 1. The Labute approximate surface area is 201 Å². The molecule has 9 heteroatoms. The summed E-state index contributed by atoms with van der Waals surface area (Å²) < 4.78 is 29.4. The first-order chi connectivity index (χ1) is 14.8. The van der Waals surface area contributed by atoms with Gasteiger partial charge in [-0.1, -0.05) is 45.7 Å². The Bertz CT molecular complexity index is 1060. The van der Waals surface area contributed by atoms with Gasteiger partial charge in [-0.25, -0.2) is 8.70 Å². The Morgan fingerprint density at radius 3 is 2.61 bits per heavy atom. The molecule has 0 saturated carbocycles. The molecule has 2 aromatic carbocycles. The Balaban J connectivity index is 1.40. The highest BCUT2D eigenvalue weighted by molar-refractivity contribution is 9.10. The minimum absolute atomic E-state index is 0.134. The van der Waals surface area contributed by atoms with Crippen molar-refractivity contribution in [3.8, 4) is 11.1 Å². The van der Waals surface area contributed by atoms with Crippen molar-refractivity contribution >= 4 is 56.2 Å². The van der Waals surface area contributed by atoms with E-state index in [9.17, 15) is 9.00 Å². The molecule has 4 nitrogen and oxygen atoms in total. The maximum atomic E-state index is 15.2. The number of carbonyl (C=O) groups is 1. The van der Waals surface area contributed by atoms with Gasteiger partial charge >= 0.3 is 0 Å². The lowest BCUT2D eigenvalue weighted by Crippen LogP contribution is -2.50. The lowest BCUT2D eigenvalue weighted by Gasteiger charge is -2.35. The number of rotatable bonds is 6. The molecule has 1 saturated heterocycles. The second-order valence-corrected chi connectivity index (χ2v) is 11.3. The molecule has 0 spiro atoms. The van der Waals surface area contributed by atoms with E-state index in [1.54, 1.807) is 17.4 Å². The maximum absolute atomic E-state index is 15.2. The Morgan fingerprint density at radius 2 is 1.94 bits per heavy atom. The van der Waals surface area contributed by atoms with Crippen molar-refractivity contribution in [3.05, 3.63) is 62.9 Å². The standard InChI is InChI=1S/C22H21BrClFN2O2S2/c23-16-5-6-20(18(11-16)17-3-1-2-4-19(17)24)30-27-9-7-22(25,8-10-27)21(28)26-12-15-13-31(29)14-15/h1-6,11,13H,7-10,12,14H2,(H,26,28). The minimum atomic E-state index is -1.87. The number of halogens is 3. The molecule has 1 fully saturated rings. The van der Waals surface area contributed by atoms with Crippen molar-refractivity contribution in [2.45, 2.75) is 23.4 Å². The van der Waals surface area contributed by atoms with Crippen LogP contribution < -0.4 is 5.32 Å². The number of nitrogens with one attached hydrogen (secondary N) is 1. The fraction of sp³-hybridized carbons (Fsp3) is 0.318. The van der Waals surface area contributed by atoms with Crippen LogP contribution in [-0.4, -0.2) is 45.5 Å². The summed E-state index contributed by atoms with van der Waals surface area (Å²) in [7, 11) is -0.923. The summed E-state index contributed by atoms with van der Waals surface area (Å²) in [5, 5.41) is 4.94. The van der Waals surface area contributed by atoms with Crippen LogP contribution in [0.5, 0.6) is 0 Å². The van der Waals surface area contributed by atoms with Crippen molar-refractivity contribution in [1.29, 1.82) is 0 Å². The van der Waals surface area contributed by atoms with Crippen molar-refractivity contribution in [2.24, 2.45) is 0 Å². The summed E-state index contributed by atoms with van der Waals surface area (Å²) in [5.74, 6) is -0.110. The summed E-state index contributed by atoms with van der Waals surface area (Å²) in [6.45, 7) is 1.19. The van der Waals surface area contributed by atoms with E-state index >= 15 is 4.39 Å². The smallest absolute Gasteiger partial charge is 0.258 e. The largest absolute Gasteiger partial charge is 0.350 e. The summed E-state index contributed by atoms with van der Waals surface area (Å²) in [6.07, 6.45) is 0.267. The topological polar surface area (TPSA) is 49.4 Å². The van der Waals surface area contributed by atoms with E-state index in [1.807, 2.05) is 42.5 Å². The maximum Gasteiger partial charge on any atom is 0.258 e. The third kappa shape index (κ3) is 5.42. The van der Waals surface area contributed by atoms with E-state index in [-0.39, 0.29) is 19.4 Å². The van der Waals surface area contributed by atoms with Gasteiger partial charge < -0.3 is 5.32 Å². The second kappa shape index (κ2) is 9.75. The molecule has 0 radical (unpaired) electrons. The molecule has 2 aliphatic rings. The third-order valence-electron chi connectivity index (χ3n) is 5.36. The number of piperidine rings is 1. The predicted molar refractivity (Wildman–Crippen MR) is 129 cm³/mol. The zero-order chi connectivity index (χ0) is 22.0. The molecular formula is C22H21BrClFN2O2S2. The van der Waals surface area contributed by atoms with Gasteiger partial charge in [0.05, 0.1) is 5.75 Å². The lowest BCUT2D eigenvalue weighted by molar-refractivity contribution is -0.135.